The number of anilines is 1. The van der Waals surface area contributed by atoms with Crippen LogP contribution in [0.15, 0.2) is 57.3 Å². The average molecular weight is 521 g/mol. The number of carbonyl (C=O) groups is 1. The molecule has 0 aliphatic carbocycles. The van der Waals surface area contributed by atoms with Gasteiger partial charge in [-0.05, 0) is 42.3 Å². The molecule has 5 rings (SSSR count). The molecule has 1 aliphatic rings. The predicted octanol–water partition coefficient (Wildman–Crippen LogP) is 7.06. The number of thiophene rings is 1. The zero-order chi connectivity index (χ0) is 24.5. The highest BCUT2D eigenvalue weighted by atomic mass is 35.5. The molecule has 11 heteroatoms. The van der Waals surface area contributed by atoms with Crippen molar-refractivity contribution in [1.82, 2.24) is 10.1 Å². The average Bonchev–Trinajstić information content (AvgIpc) is 3.59. The van der Waals surface area contributed by atoms with Crippen LogP contribution in [0, 0.1) is 13.5 Å². The first-order valence-corrected chi connectivity index (χ1v) is 11.8. The van der Waals surface area contributed by atoms with Gasteiger partial charge < -0.3 is 9.84 Å². The minimum atomic E-state index is -0.449. The van der Waals surface area contributed by atoms with E-state index < -0.39 is 5.91 Å². The van der Waals surface area contributed by atoms with E-state index >= 15 is 0 Å². The van der Waals surface area contributed by atoms with Crippen LogP contribution in [0.4, 0.5) is 11.5 Å². The maximum absolute atomic E-state index is 12.5. The van der Waals surface area contributed by atoms with E-state index in [1.165, 1.54) is 17.4 Å². The number of benzene rings is 1. The molecule has 8 nitrogen and oxygen atoms in total. The quantitative estimate of drug-likeness (QED) is 0.284. The van der Waals surface area contributed by atoms with Gasteiger partial charge in [0.2, 0.25) is 5.69 Å². The summed E-state index contributed by atoms with van der Waals surface area (Å²) in [7, 11) is 0. The smallest absolute Gasteiger partial charge is 0.279 e. The Hall–Kier alpha value is -3.84. The third-order valence-electron chi connectivity index (χ3n) is 5.13. The van der Waals surface area contributed by atoms with Gasteiger partial charge in [-0.3, -0.25) is 4.79 Å². The number of nitrogens with one attached hydrogen (secondary N) is 1. The van der Waals surface area contributed by atoms with Crippen molar-refractivity contribution in [2.24, 2.45) is 10.2 Å². The molecular formula is C24H14Cl2N6O2S. The fourth-order valence-corrected chi connectivity index (χ4v) is 5.33. The predicted molar refractivity (Wildman–Crippen MR) is 138 cm³/mol. The summed E-state index contributed by atoms with van der Waals surface area (Å²) in [6, 6.07) is 10.2. The van der Waals surface area contributed by atoms with Crippen molar-refractivity contribution in [2.45, 2.75) is 13.3 Å². The van der Waals surface area contributed by atoms with Gasteiger partial charge in [-0.1, -0.05) is 34.4 Å². The van der Waals surface area contributed by atoms with Gasteiger partial charge >= 0.3 is 0 Å². The molecule has 0 fully saturated rings. The first-order chi connectivity index (χ1) is 16.9. The van der Waals surface area contributed by atoms with Gasteiger partial charge in [0.1, 0.15) is 11.6 Å². The molecule has 1 amide bonds. The summed E-state index contributed by atoms with van der Waals surface area (Å²) >= 11 is 14.1. The second-order valence-electron chi connectivity index (χ2n) is 7.48. The van der Waals surface area contributed by atoms with Gasteiger partial charge in [0.15, 0.2) is 5.69 Å². The van der Waals surface area contributed by atoms with Crippen LogP contribution in [-0.2, 0) is 0 Å². The lowest BCUT2D eigenvalue weighted by molar-refractivity contribution is 0.101. The minimum absolute atomic E-state index is 0.147. The Morgan fingerprint density at radius 1 is 1.20 bits per heavy atom. The lowest BCUT2D eigenvalue weighted by atomic mass is 10.00. The zero-order valence-electron chi connectivity index (χ0n) is 18.0. The summed E-state index contributed by atoms with van der Waals surface area (Å²) in [5.41, 5.74) is 3.37. The molecule has 0 unspecified atom stereocenters. The van der Waals surface area contributed by atoms with Crippen LogP contribution in [-0.4, -0.2) is 28.0 Å². The molecule has 0 saturated carbocycles. The van der Waals surface area contributed by atoms with Crippen molar-refractivity contribution < 1.29 is 9.32 Å². The Kier molecular flexibility index (Phi) is 6.17. The summed E-state index contributed by atoms with van der Waals surface area (Å²) in [4.78, 5) is 22.1. The van der Waals surface area contributed by atoms with Gasteiger partial charge in [-0.15, -0.1) is 11.3 Å². The standard InChI is InChI=1S/C24H14Cl2N6O2S/c1-12-9-18(32-34-12)24(33)30-19-10-13(5-7-28-19)22-21(27-2)20(15-4-3-14(25)11-16(15)26)23(35-22)17-6-8-29-31-17/h3-5,7-11H,6H2,1H3,(H,28,30,33). The number of rotatable bonds is 5. The summed E-state index contributed by atoms with van der Waals surface area (Å²) in [5.74, 6) is 0.387. The number of nitrogens with zero attached hydrogens (tertiary/aromatic N) is 5. The van der Waals surface area contributed by atoms with Crippen molar-refractivity contribution in [3.8, 4) is 21.6 Å². The molecule has 1 aliphatic heterocycles. The molecule has 0 bridgehead atoms. The number of amides is 1. The Morgan fingerprint density at radius 3 is 2.74 bits per heavy atom. The second-order valence-corrected chi connectivity index (χ2v) is 9.34. The van der Waals surface area contributed by atoms with Gasteiger partial charge in [0.05, 0.1) is 12.3 Å². The van der Waals surface area contributed by atoms with Gasteiger partial charge in [-0.25, -0.2) is 9.83 Å². The van der Waals surface area contributed by atoms with Gasteiger partial charge in [-0.2, -0.15) is 10.2 Å². The van der Waals surface area contributed by atoms with Crippen LogP contribution in [0.3, 0.4) is 0 Å². The van der Waals surface area contributed by atoms with E-state index in [0.717, 1.165) is 10.6 Å². The summed E-state index contributed by atoms with van der Waals surface area (Å²) in [6.45, 7) is 9.69. The number of aryl methyl sites for hydroxylation is 1. The van der Waals surface area contributed by atoms with Crippen molar-refractivity contribution in [3.05, 3.63) is 80.4 Å². The SMILES string of the molecule is [C-]#[N+]c1c(-c2ccnc(NC(=O)c3cc(C)on3)c2)sc(C2=NN=CC2)c1-c1ccc(Cl)cc1Cl. The van der Waals surface area contributed by atoms with Crippen LogP contribution in [0.2, 0.25) is 10.0 Å². The van der Waals surface area contributed by atoms with E-state index in [-0.39, 0.29) is 5.69 Å². The zero-order valence-corrected chi connectivity index (χ0v) is 20.4. The van der Waals surface area contributed by atoms with Crippen LogP contribution < -0.4 is 5.32 Å². The summed E-state index contributed by atoms with van der Waals surface area (Å²) < 4.78 is 4.97. The van der Waals surface area contributed by atoms with Gasteiger partial charge in [0.25, 0.3) is 5.91 Å². The number of carbonyl (C=O) groups excluding carboxylic acids is 1. The lowest BCUT2D eigenvalue weighted by Gasteiger charge is -2.08. The molecule has 0 atom stereocenters. The fourth-order valence-electron chi connectivity index (χ4n) is 3.58. The fraction of sp³-hybridized carbons (Fsp3) is 0.0833. The topological polar surface area (TPSA) is 97.1 Å². The Morgan fingerprint density at radius 2 is 2.06 bits per heavy atom. The largest absolute Gasteiger partial charge is 0.361 e. The summed E-state index contributed by atoms with van der Waals surface area (Å²) in [5, 5.41) is 15.6. The molecule has 1 aromatic carbocycles. The number of halogens is 2. The number of hydrogen-bond acceptors (Lipinski definition) is 7. The Balaban J connectivity index is 1.61. The maximum Gasteiger partial charge on any atom is 0.279 e. The monoisotopic (exact) mass is 520 g/mol. The number of pyridine rings is 1. The normalized spacial score (nSPS) is 12.5. The highest BCUT2D eigenvalue weighted by Crippen LogP contribution is 2.50. The van der Waals surface area contributed by atoms with Crippen LogP contribution in [0.1, 0.15) is 27.5 Å². The third kappa shape index (κ3) is 4.47. The first-order valence-electron chi connectivity index (χ1n) is 10.2. The molecular weight excluding hydrogens is 507 g/mol. The molecule has 172 valence electrons. The van der Waals surface area contributed by atoms with Crippen molar-refractivity contribution in [1.29, 1.82) is 0 Å². The molecule has 0 spiro atoms. The lowest BCUT2D eigenvalue weighted by Crippen LogP contribution is -2.13. The minimum Gasteiger partial charge on any atom is -0.361 e. The van der Waals surface area contributed by atoms with Crippen LogP contribution >= 0.6 is 34.5 Å². The highest BCUT2D eigenvalue weighted by Gasteiger charge is 2.26. The number of hydrogen-bond donors (Lipinski definition) is 1. The Labute approximate surface area is 213 Å². The molecule has 3 aromatic heterocycles. The van der Waals surface area contributed by atoms with E-state index in [1.807, 2.05) is 0 Å². The van der Waals surface area contributed by atoms with E-state index in [2.05, 4.69) is 30.5 Å². The van der Waals surface area contributed by atoms with Crippen molar-refractivity contribution in [2.75, 3.05) is 5.32 Å². The molecule has 4 heterocycles. The van der Waals surface area contributed by atoms with E-state index in [1.54, 1.807) is 49.7 Å². The first kappa shape index (κ1) is 22.9. The van der Waals surface area contributed by atoms with Crippen molar-refractivity contribution in [3.63, 3.8) is 0 Å². The molecule has 0 radical (unpaired) electrons. The number of aromatic nitrogens is 2. The van der Waals surface area contributed by atoms with E-state index in [4.69, 9.17) is 34.3 Å². The van der Waals surface area contributed by atoms with Crippen LogP contribution in [0.5, 0.6) is 0 Å². The summed E-state index contributed by atoms with van der Waals surface area (Å²) in [6.07, 6.45) is 3.83. The van der Waals surface area contributed by atoms with Gasteiger partial charge in [0, 0.05) is 50.3 Å². The van der Waals surface area contributed by atoms with Crippen molar-refractivity contribution >= 4 is 63.9 Å². The van der Waals surface area contributed by atoms with E-state index in [0.29, 0.717) is 55.3 Å². The highest BCUT2D eigenvalue weighted by molar-refractivity contribution is 7.19. The Bertz CT molecular complexity index is 1580. The molecule has 4 aromatic rings. The molecule has 0 saturated heterocycles. The molecule has 35 heavy (non-hydrogen) atoms. The maximum atomic E-state index is 12.5. The third-order valence-corrected chi connectivity index (χ3v) is 6.95. The van der Waals surface area contributed by atoms with Crippen LogP contribution in [0.25, 0.3) is 26.4 Å². The second kappa shape index (κ2) is 9.43. The van der Waals surface area contributed by atoms with E-state index in [9.17, 15) is 4.79 Å². The molecule has 1 N–H and O–H groups in total.